The van der Waals surface area contributed by atoms with Crippen molar-refractivity contribution in [2.75, 3.05) is 31.6 Å². The number of aryl methyl sites for hydroxylation is 1. The van der Waals surface area contributed by atoms with Crippen LogP contribution in [0.5, 0.6) is 0 Å². The van der Waals surface area contributed by atoms with E-state index in [1.165, 1.54) is 23.3 Å². The predicted molar refractivity (Wildman–Crippen MR) is 180 cm³/mol. The number of hydrogen-bond acceptors (Lipinski definition) is 7. The summed E-state index contributed by atoms with van der Waals surface area (Å²) in [6.45, 7) is 8.23. The monoisotopic (exact) mass is 663 g/mol. The highest BCUT2D eigenvalue weighted by atomic mass is 32.2. The number of aromatic nitrogens is 1. The van der Waals surface area contributed by atoms with E-state index >= 15 is 0 Å². The molecule has 0 saturated carbocycles. The molecule has 2 atom stereocenters. The van der Waals surface area contributed by atoms with Crippen molar-refractivity contribution in [2.24, 2.45) is 0 Å². The molecule has 0 unspecified atom stereocenters. The lowest BCUT2D eigenvalue weighted by Crippen LogP contribution is -2.52. The standard InChI is InChI=1S/C36H46FN5O4S/c1-36(2,3)46-35(43)42-23-26-9-6-11-32(41-20-17-28(18-21-41)39-47(44,45)30-15-13-27(37)14-16-30)31(26)22-29(42)24-40(4)33-12-5-8-25-10-7-19-38-34(25)33/h6-7,9-11,13-16,19,28-29,33,39H,5,8,12,17-18,20-24H2,1-4H3/t29-,33+/m1/s1. The molecule has 1 N–H and O–H groups in total. The van der Waals surface area contributed by atoms with Crippen LogP contribution in [-0.4, -0.2) is 73.7 Å². The molecule has 47 heavy (non-hydrogen) atoms. The molecule has 0 spiro atoms. The fourth-order valence-electron chi connectivity index (χ4n) is 7.27. The van der Waals surface area contributed by atoms with Crippen molar-refractivity contribution in [3.05, 3.63) is 89.0 Å². The number of hydrogen-bond donors (Lipinski definition) is 1. The fraction of sp³-hybridized carbons (Fsp3) is 0.500. The third-order valence-corrected chi connectivity index (χ3v) is 11.1. The van der Waals surface area contributed by atoms with Crippen molar-refractivity contribution < 1.29 is 22.3 Å². The minimum absolute atomic E-state index is 0.0662. The van der Waals surface area contributed by atoms with Crippen LogP contribution in [0.4, 0.5) is 14.9 Å². The Balaban J connectivity index is 1.20. The van der Waals surface area contributed by atoms with E-state index in [1.807, 2.05) is 44.0 Å². The van der Waals surface area contributed by atoms with Crippen molar-refractivity contribution in [1.29, 1.82) is 0 Å². The van der Waals surface area contributed by atoms with E-state index in [1.54, 1.807) is 0 Å². The Hall–Kier alpha value is -3.54. The minimum Gasteiger partial charge on any atom is -0.444 e. The summed E-state index contributed by atoms with van der Waals surface area (Å²) in [5.74, 6) is -0.470. The third kappa shape index (κ3) is 7.63. The first-order chi connectivity index (χ1) is 22.4. The molecule has 2 aliphatic heterocycles. The van der Waals surface area contributed by atoms with Crippen LogP contribution < -0.4 is 9.62 Å². The first-order valence-electron chi connectivity index (χ1n) is 16.7. The lowest BCUT2D eigenvalue weighted by Gasteiger charge is -2.43. The Kier molecular flexibility index (Phi) is 9.60. The normalized spacial score (nSPS) is 20.6. The second kappa shape index (κ2) is 13.5. The van der Waals surface area contributed by atoms with Gasteiger partial charge in [0.05, 0.1) is 22.7 Å². The summed E-state index contributed by atoms with van der Waals surface area (Å²) in [6, 6.07) is 15.3. The first kappa shape index (κ1) is 33.4. The number of anilines is 1. The van der Waals surface area contributed by atoms with Gasteiger partial charge in [0.25, 0.3) is 0 Å². The number of benzene rings is 2. The van der Waals surface area contributed by atoms with Crippen molar-refractivity contribution in [1.82, 2.24) is 19.5 Å². The van der Waals surface area contributed by atoms with E-state index in [0.29, 0.717) is 45.4 Å². The zero-order valence-corrected chi connectivity index (χ0v) is 28.6. The molecule has 9 nitrogen and oxygen atoms in total. The number of pyridine rings is 1. The van der Waals surface area contributed by atoms with Crippen molar-refractivity contribution >= 4 is 21.8 Å². The third-order valence-electron chi connectivity index (χ3n) is 9.58. The summed E-state index contributed by atoms with van der Waals surface area (Å²) in [6.07, 6.45) is 6.73. The molecular formula is C36H46FN5O4S. The van der Waals surface area contributed by atoms with Crippen LogP contribution in [0, 0.1) is 5.82 Å². The Morgan fingerprint density at radius 1 is 1.04 bits per heavy atom. The molecule has 3 heterocycles. The summed E-state index contributed by atoms with van der Waals surface area (Å²) < 4.78 is 48.0. The number of piperidine rings is 1. The molecule has 3 aromatic rings. The number of carbonyl (C=O) groups excluding carboxylic acids is 1. The topological polar surface area (TPSA) is 95.1 Å². The van der Waals surface area contributed by atoms with Crippen LogP contribution in [0.1, 0.15) is 74.9 Å². The maximum atomic E-state index is 13.6. The summed E-state index contributed by atoms with van der Waals surface area (Å²) in [5, 5.41) is 0. The smallest absolute Gasteiger partial charge is 0.410 e. The number of fused-ring (bicyclic) bond motifs is 2. The quantitative estimate of drug-likeness (QED) is 0.340. The van der Waals surface area contributed by atoms with E-state index in [4.69, 9.17) is 9.72 Å². The first-order valence-corrected chi connectivity index (χ1v) is 18.1. The molecule has 6 rings (SSSR count). The van der Waals surface area contributed by atoms with Crippen LogP contribution in [0.3, 0.4) is 0 Å². The van der Waals surface area contributed by atoms with E-state index in [0.717, 1.165) is 48.3 Å². The zero-order valence-electron chi connectivity index (χ0n) is 27.8. The van der Waals surface area contributed by atoms with Gasteiger partial charge in [-0.1, -0.05) is 18.2 Å². The lowest BCUT2D eigenvalue weighted by molar-refractivity contribution is 0.00645. The van der Waals surface area contributed by atoms with Crippen LogP contribution >= 0.6 is 0 Å². The molecule has 1 fully saturated rings. The second-order valence-electron chi connectivity index (χ2n) is 14.1. The second-order valence-corrected chi connectivity index (χ2v) is 15.8. The molecule has 0 radical (unpaired) electrons. The average Bonchev–Trinajstić information content (AvgIpc) is 3.03. The highest BCUT2D eigenvalue weighted by Crippen LogP contribution is 2.37. The summed E-state index contributed by atoms with van der Waals surface area (Å²) in [4.78, 5) is 25.1. The molecule has 2 aromatic carbocycles. The van der Waals surface area contributed by atoms with Gasteiger partial charge in [-0.25, -0.2) is 22.3 Å². The van der Waals surface area contributed by atoms with Gasteiger partial charge in [-0.2, -0.15) is 0 Å². The number of rotatable bonds is 7. The molecule has 0 bridgehead atoms. The Labute approximate surface area is 278 Å². The SMILES string of the molecule is CN(C[C@H]1Cc2c(cccc2N2CCC(NS(=O)(=O)c3ccc(F)cc3)CC2)CN1C(=O)OC(C)(C)C)[C@H]1CCCc2cccnc21. The van der Waals surface area contributed by atoms with Gasteiger partial charge in [0.2, 0.25) is 10.0 Å². The van der Waals surface area contributed by atoms with Gasteiger partial charge in [-0.05, 0) is 119 Å². The molecule has 1 amide bonds. The highest BCUT2D eigenvalue weighted by molar-refractivity contribution is 7.89. The minimum atomic E-state index is -3.74. The number of ether oxygens (including phenoxy) is 1. The Morgan fingerprint density at radius 3 is 2.49 bits per heavy atom. The van der Waals surface area contributed by atoms with Crippen molar-refractivity contribution in [3.8, 4) is 0 Å². The van der Waals surface area contributed by atoms with Gasteiger partial charge < -0.3 is 9.64 Å². The van der Waals surface area contributed by atoms with Gasteiger partial charge >= 0.3 is 6.09 Å². The molecule has 1 aromatic heterocycles. The van der Waals surface area contributed by atoms with E-state index < -0.39 is 21.4 Å². The van der Waals surface area contributed by atoms with E-state index in [9.17, 15) is 17.6 Å². The van der Waals surface area contributed by atoms with Gasteiger partial charge in [0, 0.05) is 44.1 Å². The summed E-state index contributed by atoms with van der Waals surface area (Å²) in [5.41, 5.74) is 5.32. The number of nitrogens with one attached hydrogen (secondary N) is 1. The molecule has 252 valence electrons. The molecule has 1 aliphatic carbocycles. The van der Waals surface area contributed by atoms with Gasteiger partial charge in [0.15, 0.2) is 0 Å². The number of halogens is 1. The van der Waals surface area contributed by atoms with Gasteiger partial charge in [-0.15, -0.1) is 0 Å². The van der Waals surface area contributed by atoms with Gasteiger partial charge in [0.1, 0.15) is 11.4 Å². The molecule has 11 heteroatoms. The van der Waals surface area contributed by atoms with Crippen molar-refractivity contribution in [3.63, 3.8) is 0 Å². The maximum Gasteiger partial charge on any atom is 0.410 e. The highest BCUT2D eigenvalue weighted by Gasteiger charge is 2.37. The number of likely N-dealkylation sites (N-methyl/N-ethyl adjacent to an activating group) is 1. The van der Waals surface area contributed by atoms with E-state index in [2.05, 4.69) is 39.8 Å². The Morgan fingerprint density at radius 2 is 1.77 bits per heavy atom. The largest absolute Gasteiger partial charge is 0.444 e. The lowest BCUT2D eigenvalue weighted by atomic mass is 9.89. The average molecular weight is 664 g/mol. The van der Waals surface area contributed by atoms with E-state index in [-0.39, 0.29) is 29.1 Å². The number of amides is 1. The summed E-state index contributed by atoms with van der Waals surface area (Å²) >= 11 is 0. The summed E-state index contributed by atoms with van der Waals surface area (Å²) in [7, 11) is -1.60. The maximum absolute atomic E-state index is 13.6. The zero-order chi connectivity index (χ0) is 33.3. The van der Waals surface area contributed by atoms with Crippen molar-refractivity contribution in [2.45, 2.75) is 94.5 Å². The molecule has 3 aliphatic rings. The van der Waals surface area contributed by atoms with Crippen LogP contribution in [0.25, 0.3) is 0 Å². The van der Waals surface area contributed by atoms with Gasteiger partial charge in [-0.3, -0.25) is 14.8 Å². The van der Waals surface area contributed by atoms with Crippen LogP contribution in [0.15, 0.2) is 65.7 Å². The van der Waals surface area contributed by atoms with Crippen LogP contribution in [0.2, 0.25) is 0 Å². The fourth-order valence-corrected chi connectivity index (χ4v) is 8.57. The van der Waals surface area contributed by atoms with Crippen LogP contribution in [-0.2, 0) is 34.1 Å². The molecule has 1 saturated heterocycles. The predicted octanol–water partition coefficient (Wildman–Crippen LogP) is 5.84. The number of sulfonamides is 1. The Bertz CT molecular complexity index is 1690. The number of carbonyl (C=O) groups is 1. The molecular weight excluding hydrogens is 617 g/mol. The number of nitrogens with zero attached hydrogens (tertiary/aromatic N) is 4.